The van der Waals surface area contributed by atoms with Crippen molar-refractivity contribution < 1.29 is 24.5 Å². The van der Waals surface area contributed by atoms with Gasteiger partial charge in [0.2, 0.25) is 0 Å². The van der Waals surface area contributed by atoms with Gasteiger partial charge in [-0.05, 0) is 19.8 Å². The molecule has 0 spiro atoms. The number of nitrogens with zero attached hydrogens (tertiary/aromatic N) is 5. The highest BCUT2D eigenvalue weighted by Crippen LogP contribution is 2.32. The van der Waals surface area contributed by atoms with Crippen molar-refractivity contribution in [2.45, 2.75) is 50.3 Å². The molecule has 0 radical (unpaired) electrons. The van der Waals surface area contributed by atoms with Gasteiger partial charge in [-0.1, -0.05) is 5.92 Å². The average molecular weight is 416 g/mol. The van der Waals surface area contributed by atoms with Crippen LogP contribution in [-0.2, 0) is 9.47 Å². The number of amides is 1. The van der Waals surface area contributed by atoms with Crippen molar-refractivity contribution in [2.24, 2.45) is 0 Å². The van der Waals surface area contributed by atoms with E-state index >= 15 is 0 Å². The van der Waals surface area contributed by atoms with Crippen molar-refractivity contribution in [3.63, 3.8) is 0 Å². The predicted molar refractivity (Wildman–Crippen MR) is 105 cm³/mol. The van der Waals surface area contributed by atoms with E-state index in [-0.39, 0.29) is 12.1 Å². The first-order valence-electron chi connectivity index (χ1n) is 9.87. The molecule has 0 aliphatic carbocycles. The van der Waals surface area contributed by atoms with Crippen molar-refractivity contribution in [2.75, 3.05) is 25.0 Å². The number of piperidine rings is 1. The summed E-state index contributed by atoms with van der Waals surface area (Å²) in [5.41, 5.74) is 0.963. The van der Waals surface area contributed by atoms with Crippen molar-refractivity contribution >= 4 is 23.1 Å². The summed E-state index contributed by atoms with van der Waals surface area (Å²) in [7, 11) is 0. The maximum Gasteiger partial charge on any atom is 0.409 e. The molecule has 11 heteroatoms. The number of rotatable bonds is 4. The number of anilines is 1. The van der Waals surface area contributed by atoms with Gasteiger partial charge in [0.15, 0.2) is 23.2 Å². The summed E-state index contributed by atoms with van der Waals surface area (Å²) in [5.74, 6) is 2.87. The van der Waals surface area contributed by atoms with Gasteiger partial charge in [0.05, 0.1) is 12.9 Å². The summed E-state index contributed by atoms with van der Waals surface area (Å²) in [6.07, 6.45) is 5.21. The van der Waals surface area contributed by atoms with Crippen LogP contribution in [0.1, 0.15) is 26.0 Å². The summed E-state index contributed by atoms with van der Waals surface area (Å²) >= 11 is 0. The molecule has 0 unspecified atom stereocenters. The molecule has 2 aromatic rings. The van der Waals surface area contributed by atoms with Crippen LogP contribution in [0.4, 0.5) is 10.6 Å². The second-order valence-corrected chi connectivity index (χ2v) is 7.25. The van der Waals surface area contributed by atoms with Crippen LogP contribution >= 0.6 is 0 Å². The first kappa shape index (κ1) is 20.3. The average Bonchev–Trinajstić information content (AvgIpc) is 3.30. The first-order valence-corrected chi connectivity index (χ1v) is 9.87. The van der Waals surface area contributed by atoms with Crippen LogP contribution in [0.5, 0.6) is 0 Å². The highest BCUT2D eigenvalue weighted by Gasteiger charge is 2.43. The molecule has 30 heavy (non-hydrogen) atoms. The molecule has 4 atom stereocenters. The number of carbonyl (C=O) groups is 1. The Kier molecular flexibility index (Phi) is 5.72. The predicted octanol–water partition coefficient (Wildman–Crippen LogP) is 0.111. The highest BCUT2D eigenvalue weighted by atomic mass is 16.6. The molecule has 2 aromatic heterocycles. The standard InChI is InChI=1S/C19H24N6O5/c1-3-12-14(26)15(27)18(30-12)25-10-22-13-16(20-9-21-17(13)25)23-11-5-7-24(8-6-11)19(28)29-4-2/h1,9-12,14-15,18,26-27H,4-8H2,2H3,(H,20,21,23)/t12-,14-,15+,18-/m1/s1. The van der Waals surface area contributed by atoms with Crippen LogP contribution in [-0.4, -0.2) is 84.8 Å². The van der Waals surface area contributed by atoms with Gasteiger partial charge in [0.1, 0.15) is 24.6 Å². The zero-order valence-electron chi connectivity index (χ0n) is 16.5. The molecular formula is C19H24N6O5. The summed E-state index contributed by atoms with van der Waals surface area (Å²) < 4.78 is 12.2. The Bertz CT molecular complexity index is 951. The van der Waals surface area contributed by atoms with E-state index in [0.29, 0.717) is 36.7 Å². The molecule has 3 N–H and O–H groups in total. The van der Waals surface area contributed by atoms with E-state index in [1.54, 1.807) is 11.8 Å². The number of hydrogen-bond donors (Lipinski definition) is 3. The Morgan fingerprint density at radius 3 is 2.77 bits per heavy atom. The van der Waals surface area contributed by atoms with E-state index in [4.69, 9.17) is 15.9 Å². The lowest BCUT2D eigenvalue weighted by Crippen LogP contribution is -2.42. The zero-order valence-corrected chi connectivity index (χ0v) is 16.5. The van der Waals surface area contributed by atoms with Crippen LogP contribution < -0.4 is 5.32 Å². The van der Waals surface area contributed by atoms with E-state index in [9.17, 15) is 15.0 Å². The fraction of sp³-hybridized carbons (Fsp3) is 0.579. The number of carbonyl (C=O) groups excluding carboxylic acids is 1. The molecule has 2 aliphatic heterocycles. The van der Waals surface area contributed by atoms with Gasteiger partial charge >= 0.3 is 6.09 Å². The van der Waals surface area contributed by atoms with Crippen LogP contribution in [0.25, 0.3) is 11.2 Å². The number of aromatic nitrogens is 4. The van der Waals surface area contributed by atoms with Gasteiger partial charge in [0.25, 0.3) is 0 Å². The smallest absolute Gasteiger partial charge is 0.409 e. The number of aliphatic hydroxyl groups excluding tert-OH is 2. The fourth-order valence-corrected chi connectivity index (χ4v) is 3.79. The molecule has 2 fully saturated rings. The fourth-order valence-electron chi connectivity index (χ4n) is 3.79. The maximum absolute atomic E-state index is 11.8. The molecular weight excluding hydrogens is 392 g/mol. The lowest BCUT2D eigenvalue weighted by Gasteiger charge is -2.31. The van der Waals surface area contributed by atoms with Gasteiger partial charge in [-0.3, -0.25) is 4.57 Å². The highest BCUT2D eigenvalue weighted by molar-refractivity contribution is 5.82. The largest absolute Gasteiger partial charge is 0.450 e. The monoisotopic (exact) mass is 416 g/mol. The van der Waals surface area contributed by atoms with Gasteiger partial charge < -0.3 is 29.9 Å². The summed E-state index contributed by atoms with van der Waals surface area (Å²) in [5, 5.41) is 23.7. The normalized spacial score (nSPS) is 27.2. The molecule has 2 aliphatic rings. The molecule has 0 saturated carbocycles. The lowest BCUT2D eigenvalue weighted by molar-refractivity contribution is -0.0230. The number of aliphatic hydroxyl groups is 2. The number of hydrogen-bond acceptors (Lipinski definition) is 9. The van der Waals surface area contributed by atoms with E-state index in [2.05, 4.69) is 26.2 Å². The molecule has 0 aromatic carbocycles. The molecule has 1 amide bonds. The Balaban J connectivity index is 1.48. The van der Waals surface area contributed by atoms with Crippen molar-refractivity contribution in [3.8, 4) is 12.3 Å². The number of nitrogens with one attached hydrogen (secondary N) is 1. The van der Waals surface area contributed by atoms with E-state index in [0.717, 1.165) is 12.8 Å². The van der Waals surface area contributed by atoms with E-state index in [1.165, 1.54) is 17.2 Å². The van der Waals surface area contributed by atoms with Crippen molar-refractivity contribution in [1.29, 1.82) is 0 Å². The summed E-state index contributed by atoms with van der Waals surface area (Å²) in [4.78, 5) is 26.5. The number of likely N-dealkylation sites (tertiary alicyclic amines) is 1. The van der Waals surface area contributed by atoms with Crippen molar-refractivity contribution in [1.82, 2.24) is 24.4 Å². The number of fused-ring (bicyclic) bond motifs is 1. The van der Waals surface area contributed by atoms with Crippen LogP contribution in [0.3, 0.4) is 0 Å². The molecule has 2 saturated heterocycles. The SMILES string of the molecule is C#C[C@H]1O[C@@H](n2cnc3c(NC4CCN(C(=O)OCC)CC4)ncnc32)[C@@H](O)[C@@H]1O. The van der Waals surface area contributed by atoms with Gasteiger partial charge in [-0.2, -0.15) is 0 Å². The third-order valence-electron chi connectivity index (χ3n) is 5.40. The number of ether oxygens (including phenoxy) is 2. The van der Waals surface area contributed by atoms with Crippen molar-refractivity contribution in [3.05, 3.63) is 12.7 Å². The molecule has 160 valence electrons. The third-order valence-corrected chi connectivity index (χ3v) is 5.40. The minimum absolute atomic E-state index is 0.111. The zero-order chi connectivity index (χ0) is 21.3. The Morgan fingerprint density at radius 2 is 2.10 bits per heavy atom. The second kappa shape index (κ2) is 8.43. The topological polar surface area (TPSA) is 135 Å². The number of terminal acetylenes is 1. The third kappa shape index (κ3) is 3.65. The van der Waals surface area contributed by atoms with Gasteiger partial charge in [-0.15, -0.1) is 6.42 Å². The summed E-state index contributed by atoms with van der Waals surface area (Å²) in [6.45, 7) is 3.32. The number of imidazole rings is 1. The summed E-state index contributed by atoms with van der Waals surface area (Å²) in [6, 6.07) is 0.111. The lowest BCUT2D eigenvalue weighted by atomic mass is 10.1. The van der Waals surface area contributed by atoms with Gasteiger partial charge in [0, 0.05) is 19.1 Å². The van der Waals surface area contributed by atoms with Gasteiger partial charge in [-0.25, -0.2) is 19.7 Å². The van der Waals surface area contributed by atoms with Crippen LogP contribution in [0.15, 0.2) is 12.7 Å². The second-order valence-electron chi connectivity index (χ2n) is 7.25. The quantitative estimate of drug-likeness (QED) is 0.594. The van der Waals surface area contributed by atoms with Crippen LogP contribution in [0.2, 0.25) is 0 Å². The Hall–Kier alpha value is -2.94. The molecule has 11 nitrogen and oxygen atoms in total. The minimum Gasteiger partial charge on any atom is -0.450 e. The van der Waals surface area contributed by atoms with Crippen LogP contribution in [0, 0.1) is 12.3 Å². The minimum atomic E-state index is -1.21. The maximum atomic E-state index is 11.8. The molecule has 4 rings (SSSR count). The first-order chi connectivity index (χ1) is 14.5. The molecule has 0 bridgehead atoms. The Labute approximate surface area is 173 Å². The van der Waals surface area contributed by atoms with E-state index < -0.39 is 24.5 Å². The van der Waals surface area contributed by atoms with E-state index in [1.807, 2.05) is 0 Å². The molecule has 4 heterocycles. The Morgan fingerprint density at radius 1 is 1.33 bits per heavy atom.